The number of thioether (sulfide) groups is 1. The molecule has 1 fully saturated rings. The molecule has 1 N–H and O–H groups in total. The minimum absolute atomic E-state index is 0.0499. The Morgan fingerprint density at radius 1 is 1.40 bits per heavy atom. The lowest BCUT2D eigenvalue weighted by Crippen LogP contribution is -2.38. The van der Waals surface area contributed by atoms with E-state index in [9.17, 15) is 13.2 Å². The van der Waals surface area contributed by atoms with Crippen LogP contribution in [0, 0.1) is 0 Å². The zero-order valence-corrected chi connectivity index (χ0v) is 16.7. The zero-order chi connectivity index (χ0) is 18.0. The van der Waals surface area contributed by atoms with Crippen LogP contribution in [-0.4, -0.2) is 64.8 Å². The lowest BCUT2D eigenvalue weighted by atomic mass is 10.2. The summed E-state index contributed by atoms with van der Waals surface area (Å²) in [7, 11) is -1.35. The van der Waals surface area contributed by atoms with Gasteiger partial charge in [-0.3, -0.25) is 9.89 Å². The second kappa shape index (κ2) is 7.46. The van der Waals surface area contributed by atoms with E-state index >= 15 is 0 Å². The number of carbonyl (C=O) groups is 1. The molecule has 0 spiro atoms. The van der Waals surface area contributed by atoms with Gasteiger partial charge < -0.3 is 4.90 Å². The number of H-pyrrole nitrogens is 1. The van der Waals surface area contributed by atoms with Gasteiger partial charge in [0.15, 0.2) is 15.7 Å². The predicted octanol–water partition coefficient (Wildman–Crippen LogP) is 1.97. The Kier molecular flexibility index (Phi) is 5.49. The average molecular weight is 445 g/mol. The van der Waals surface area contributed by atoms with E-state index in [1.165, 1.54) is 16.7 Å². The highest BCUT2D eigenvalue weighted by Gasteiger charge is 2.32. The molecular formula is C15H17BrN4O3S2. The van der Waals surface area contributed by atoms with E-state index < -0.39 is 9.84 Å². The molecule has 1 atom stereocenters. The van der Waals surface area contributed by atoms with Gasteiger partial charge in [0.2, 0.25) is 11.1 Å². The van der Waals surface area contributed by atoms with E-state index in [0.29, 0.717) is 17.4 Å². The first-order valence-corrected chi connectivity index (χ1v) is 11.2. The van der Waals surface area contributed by atoms with E-state index in [4.69, 9.17) is 0 Å². The molecule has 1 saturated heterocycles. The molecule has 25 heavy (non-hydrogen) atoms. The van der Waals surface area contributed by atoms with Crippen LogP contribution in [-0.2, 0) is 14.6 Å². The third kappa shape index (κ3) is 4.62. The molecule has 1 aromatic carbocycles. The van der Waals surface area contributed by atoms with Crippen molar-refractivity contribution in [2.75, 3.05) is 24.3 Å². The van der Waals surface area contributed by atoms with Crippen molar-refractivity contribution >= 4 is 43.4 Å². The summed E-state index contributed by atoms with van der Waals surface area (Å²) in [5.41, 5.74) is 0.905. The lowest BCUT2D eigenvalue weighted by molar-refractivity contribution is -0.128. The molecule has 10 heteroatoms. The van der Waals surface area contributed by atoms with Gasteiger partial charge in [-0.05, 0) is 18.6 Å². The predicted molar refractivity (Wildman–Crippen MR) is 100 cm³/mol. The van der Waals surface area contributed by atoms with Crippen molar-refractivity contribution in [2.24, 2.45) is 0 Å². The summed E-state index contributed by atoms with van der Waals surface area (Å²) in [4.78, 5) is 18.2. The normalized spacial score (nSPS) is 19.0. The number of rotatable bonds is 5. The summed E-state index contributed by atoms with van der Waals surface area (Å²) in [6.45, 7) is 0. The first-order chi connectivity index (χ1) is 11.8. The van der Waals surface area contributed by atoms with Crippen molar-refractivity contribution in [2.45, 2.75) is 17.6 Å². The van der Waals surface area contributed by atoms with Gasteiger partial charge in [0.05, 0.1) is 17.3 Å². The topological polar surface area (TPSA) is 96.0 Å². The molecule has 1 amide bonds. The number of benzene rings is 1. The fourth-order valence-electron chi connectivity index (χ4n) is 2.56. The van der Waals surface area contributed by atoms with Crippen molar-refractivity contribution in [1.82, 2.24) is 20.1 Å². The van der Waals surface area contributed by atoms with Crippen molar-refractivity contribution < 1.29 is 13.2 Å². The van der Waals surface area contributed by atoms with Crippen LogP contribution in [0.5, 0.6) is 0 Å². The molecule has 1 aliphatic heterocycles. The Morgan fingerprint density at radius 3 is 2.76 bits per heavy atom. The number of amides is 1. The highest BCUT2D eigenvalue weighted by molar-refractivity contribution is 9.10. The standard InChI is InChI=1S/C15H17BrN4O3S2/c1-20(12-6-7-25(22,23)9-12)13(21)8-24-15-17-14(18-19-15)10-2-4-11(16)5-3-10/h2-5,12H,6-9H2,1H3,(H,17,18,19). The number of carbonyl (C=O) groups excluding carboxylic acids is 1. The molecule has 2 heterocycles. The Morgan fingerprint density at radius 2 is 2.12 bits per heavy atom. The SMILES string of the molecule is CN(C(=O)CSc1n[nH]c(-c2ccc(Br)cc2)n1)C1CCS(=O)(=O)C1. The zero-order valence-electron chi connectivity index (χ0n) is 13.5. The summed E-state index contributed by atoms with van der Waals surface area (Å²) in [5.74, 6) is 0.888. The second-order valence-corrected chi connectivity index (χ2v) is 9.91. The van der Waals surface area contributed by atoms with E-state index in [1.807, 2.05) is 24.3 Å². The quantitative estimate of drug-likeness (QED) is 0.708. The summed E-state index contributed by atoms with van der Waals surface area (Å²) in [6.07, 6.45) is 0.504. The Hall–Kier alpha value is -1.39. The highest BCUT2D eigenvalue weighted by Crippen LogP contribution is 2.22. The number of hydrogen-bond acceptors (Lipinski definition) is 6. The molecule has 7 nitrogen and oxygen atoms in total. The van der Waals surface area contributed by atoms with Crippen LogP contribution < -0.4 is 0 Å². The van der Waals surface area contributed by atoms with Crippen molar-refractivity contribution in [1.29, 1.82) is 0 Å². The van der Waals surface area contributed by atoms with E-state index in [0.717, 1.165) is 10.0 Å². The maximum Gasteiger partial charge on any atom is 0.233 e. The Bertz CT molecular complexity index is 867. The molecule has 0 bridgehead atoms. The van der Waals surface area contributed by atoms with Crippen LogP contribution in [0.25, 0.3) is 11.4 Å². The molecular weight excluding hydrogens is 428 g/mol. The third-order valence-corrected chi connectivity index (χ3v) is 7.17. The number of nitrogens with zero attached hydrogens (tertiary/aromatic N) is 3. The number of aromatic amines is 1. The lowest BCUT2D eigenvalue weighted by Gasteiger charge is -2.22. The minimum atomic E-state index is -3.01. The summed E-state index contributed by atoms with van der Waals surface area (Å²) < 4.78 is 24.1. The highest BCUT2D eigenvalue weighted by atomic mass is 79.9. The van der Waals surface area contributed by atoms with Gasteiger partial charge in [-0.2, -0.15) is 0 Å². The van der Waals surface area contributed by atoms with Gasteiger partial charge in [0.25, 0.3) is 0 Å². The second-order valence-electron chi connectivity index (χ2n) is 5.82. The first kappa shape index (κ1) is 18.4. The van der Waals surface area contributed by atoms with Crippen molar-refractivity contribution in [3.8, 4) is 11.4 Å². The molecule has 134 valence electrons. The summed E-state index contributed by atoms with van der Waals surface area (Å²) in [5, 5.41) is 7.46. The smallest absolute Gasteiger partial charge is 0.233 e. The monoisotopic (exact) mass is 444 g/mol. The fourth-order valence-corrected chi connectivity index (χ4v) is 5.32. The van der Waals surface area contributed by atoms with Gasteiger partial charge in [-0.1, -0.05) is 39.8 Å². The number of hydrogen-bond donors (Lipinski definition) is 1. The van der Waals surface area contributed by atoms with Crippen LogP contribution in [0.1, 0.15) is 6.42 Å². The number of aromatic nitrogens is 3. The summed E-state index contributed by atoms with van der Waals surface area (Å²) >= 11 is 4.61. The minimum Gasteiger partial charge on any atom is -0.341 e. The van der Waals surface area contributed by atoms with Crippen molar-refractivity contribution in [3.63, 3.8) is 0 Å². The molecule has 1 unspecified atom stereocenters. The van der Waals surface area contributed by atoms with E-state index in [1.54, 1.807) is 7.05 Å². The average Bonchev–Trinajstić information content (AvgIpc) is 3.19. The first-order valence-electron chi connectivity index (χ1n) is 7.61. The van der Waals surface area contributed by atoms with E-state index in [2.05, 4.69) is 31.1 Å². The van der Waals surface area contributed by atoms with Crippen LogP contribution in [0.3, 0.4) is 0 Å². The van der Waals surface area contributed by atoms with Gasteiger partial charge in [0.1, 0.15) is 0 Å². The summed E-state index contributed by atoms with van der Waals surface area (Å²) in [6, 6.07) is 7.43. The maximum absolute atomic E-state index is 12.3. The fraction of sp³-hybridized carbons (Fsp3) is 0.400. The molecule has 0 radical (unpaired) electrons. The molecule has 3 rings (SSSR count). The van der Waals surface area contributed by atoms with Crippen LogP contribution in [0.2, 0.25) is 0 Å². The largest absolute Gasteiger partial charge is 0.341 e. The molecule has 0 aliphatic carbocycles. The Balaban J connectivity index is 1.57. The molecule has 2 aromatic rings. The van der Waals surface area contributed by atoms with Gasteiger partial charge in [-0.15, -0.1) is 5.10 Å². The number of halogens is 1. The third-order valence-electron chi connectivity index (χ3n) is 4.06. The number of sulfone groups is 1. The molecule has 0 saturated carbocycles. The Labute approximate surface area is 158 Å². The van der Waals surface area contributed by atoms with E-state index in [-0.39, 0.29) is 29.2 Å². The van der Waals surface area contributed by atoms with Gasteiger partial charge >= 0.3 is 0 Å². The van der Waals surface area contributed by atoms with Crippen LogP contribution in [0.15, 0.2) is 33.9 Å². The van der Waals surface area contributed by atoms with Crippen molar-refractivity contribution in [3.05, 3.63) is 28.7 Å². The molecule has 1 aromatic heterocycles. The maximum atomic E-state index is 12.3. The van der Waals surface area contributed by atoms with Gasteiger partial charge in [-0.25, -0.2) is 13.4 Å². The molecule has 1 aliphatic rings. The van der Waals surface area contributed by atoms with Gasteiger partial charge in [0, 0.05) is 23.1 Å². The van der Waals surface area contributed by atoms with Crippen LogP contribution >= 0.6 is 27.7 Å². The van der Waals surface area contributed by atoms with Crippen LogP contribution in [0.4, 0.5) is 0 Å². The number of nitrogens with one attached hydrogen (secondary N) is 1.